The molecule has 0 unspecified atom stereocenters. The summed E-state index contributed by atoms with van der Waals surface area (Å²) in [5.41, 5.74) is 5.04. The zero-order valence-corrected chi connectivity index (χ0v) is 11.8. The number of carbonyl (C=O) groups is 2. The van der Waals surface area contributed by atoms with E-state index in [0.717, 1.165) is 0 Å². The van der Waals surface area contributed by atoms with E-state index >= 15 is 0 Å². The van der Waals surface area contributed by atoms with Gasteiger partial charge in [0.05, 0.1) is 11.9 Å². The van der Waals surface area contributed by atoms with Crippen LogP contribution in [-0.2, 0) is 4.79 Å². The Hall–Kier alpha value is -2.31. The van der Waals surface area contributed by atoms with E-state index in [4.69, 9.17) is 5.73 Å². The van der Waals surface area contributed by atoms with Crippen molar-refractivity contribution in [2.45, 2.75) is 19.4 Å². The maximum Gasteiger partial charge on any atom is 0.339 e. The van der Waals surface area contributed by atoms with E-state index in [1.807, 2.05) is 0 Å². The highest BCUT2D eigenvalue weighted by molar-refractivity contribution is 5.97. The Labute approximate surface area is 117 Å². The number of nitrogens with zero attached hydrogens (tertiary/aromatic N) is 3. The third-order valence-electron chi connectivity index (χ3n) is 3.58. The molecule has 1 aliphatic rings. The number of likely N-dealkylation sites (N-methyl/N-ethyl adjacent to an activating group) is 1. The molecule has 0 atom stereocenters. The van der Waals surface area contributed by atoms with E-state index in [0.29, 0.717) is 13.1 Å². The van der Waals surface area contributed by atoms with Gasteiger partial charge in [0.1, 0.15) is 16.9 Å². The molecule has 3 N–H and O–H groups in total. The van der Waals surface area contributed by atoms with Crippen LogP contribution in [0.1, 0.15) is 24.2 Å². The predicted octanol–water partition coefficient (Wildman–Crippen LogP) is 0.419. The minimum Gasteiger partial charge on any atom is -0.478 e. The Morgan fingerprint density at radius 3 is 2.70 bits per heavy atom. The lowest BCUT2D eigenvalue weighted by Crippen LogP contribution is -2.62. The van der Waals surface area contributed by atoms with E-state index in [2.05, 4.69) is 4.98 Å². The number of anilines is 2. The van der Waals surface area contributed by atoms with Crippen molar-refractivity contribution in [3.8, 4) is 0 Å². The number of carbonyl (C=O) groups excluding carboxylic acids is 1. The minimum atomic E-state index is -1.11. The Morgan fingerprint density at radius 2 is 2.10 bits per heavy atom. The van der Waals surface area contributed by atoms with E-state index in [1.54, 1.807) is 30.7 Å². The average molecular weight is 278 g/mol. The number of aromatic carboxylic acids is 1. The molecule has 0 spiro atoms. The normalized spacial score (nSPS) is 18.2. The average Bonchev–Trinajstić information content (AvgIpc) is 2.37. The summed E-state index contributed by atoms with van der Waals surface area (Å²) in [6.45, 7) is 4.56. The van der Waals surface area contributed by atoms with Gasteiger partial charge in [-0.15, -0.1) is 0 Å². The van der Waals surface area contributed by atoms with Crippen molar-refractivity contribution in [3.05, 3.63) is 17.8 Å². The summed E-state index contributed by atoms with van der Waals surface area (Å²) in [5, 5.41) is 9.29. The molecule has 1 fully saturated rings. The number of carboxylic acids is 1. The number of nitrogen functional groups attached to an aromatic ring is 1. The van der Waals surface area contributed by atoms with Gasteiger partial charge in [-0.3, -0.25) is 4.79 Å². The zero-order chi connectivity index (χ0) is 15.1. The molecule has 108 valence electrons. The Bertz CT molecular complexity index is 571. The van der Waals surface area contributed by atoms with Crippen molar-refractivity contribution in [2.24, 2.45) is 0 Å². The number of aromatic nitrogens is 1. The third kappa shape index (κ3) is 2.15. The first kappa shape index (κ1) is 14.1. The standard InChI is InChI=1S/C13H18N4O3/c1-13(2)12(20)16(3)4-5-17(13)10-9(11(18)19)6-8(14)7-15-10/h6-7H,4-5,14H2,1-3H3,(H,18,19). The summed E-state index contributed by atoms with van der Waals surface area (Å²) in [7, 11) is 1.73. The molecule has 0 aliphatic carbocycles. The predicted molar refractivity (Wildman–Crippen MR) is 74.7 cm³/mol. The van der Waals surface area contributed by atoms with Crippen LogP contribution >= 0.6 is 0 Å². The van der Waals surface area contributed by atoms with Crippen molar-refractivity contribution in [2.75, 3.05) is 30.8 Å². The number of amides is 1. The van der Waals surface area contributed by atoms with Gasteiger partial charge in [0.2, 0.25) is 5.91 Å². The highest BCUT2D eigenvalue weighted by atomic mass is 16.4. The van der Waals surface area contributed by atoms with Crippen LogP contribution in [0.25, 0.3) is 0 Å². The van der Waals surface area contributed by atoms with Crippen LogP contribution < -0.4 is 10.6 Å². The van der Waals surface area contributed by atoms with E-state index in [-0.39, 0.29) is 23.0 Å². The molecule has 7 nitrogen and oxygen atoms in total. The maximum atomic E-state index is 12.3. The van der Waals surface area contributed by atoms with Crippen LogP contribution in [0, 0.1) is 0 Å². The molecule has 0 saturated carbocycles. The number of carboxylic acid groups (broad SMARTS) is 1. The fourth-order valence-corrected chi connectivity index (χ4v) is 2.43. The van der Waals surface area contributed by atoms with Crippen LogP contribution in [0.4, 0.5) is 11.5 Å². The molecule has 1 aromatic heterocycles. The second-order valence-corrected chi connectivity index (χ2v) is 5.38. The van der Waals surface area contributed by atoms with E-state index in [1.165, 1.54) is 12.3 Å². The smallest absolute Gasteiger partial charge is 0.339 e. The van der Waals surface area contributed by atoms with Crippen molar-refractivity contribution >= 4 is 23.4 Å². The highest BCUT2D eigenvalue weighted by Gasteiger charge is 2.42. The number of pyridine rings is 1. The SMILES string of the molecule is CN1CCN(c2ncc(N)cc2C(=O)O)C(C)(C)C1=O. The minimum absolute atomic E-state index is 0.00966. The van der Waals surface area contributed by atoms with Crippen LogP contribution in [0.5, 0.6) is 0 Å². The zero-order valence-electron chi connectivity index (χ0n) is 11.8. The lowest BCUT2D eigenvalue weighted by Gasteiger charge is -2.45. The first-order valence-corrected chi connectivity index (χ1v) is 6.27. The van der Waals surface area contributed by atoms with Gasteiger partial charge in [0.15, 0.2) is 0 Å². The summed E-state index contributed by atoms with van der Waals surface area (Å²) >= 11 is 0. The second-order valence-electron chi connectivity index (χ2n) is 5.38. The maximum absolute atomic E-state index is 12.3. The van der Waals surface area contributed by atoms with Gasteiger partial charge in [0, 0.05) is 20.1 Å². The molecule has 1 saturated heterocycles. The molecule has 0 aromatic carbocycles. The van der Waals surface area contributed by atoms with Crippen LogP contribution in [0.2, 0.25) is 0 Å². The second kappa shape index (κ2) is 4.66. The van der Waals surface area contributed by atoms with Gasteiger partial charge in [-0.1, -0.05) is 0 Å². The van der Waals surface area contributed by atoms with Gasteiger partial charge < -0.3 is 20.6 Å². The summed E-state index contributed by atoms with van der Waals surface area (Å²) in [5.74, 6) is -0.904. The number of hydrogen-bond acceptors (Lipinski definition) is 5. The number of nitrogens with two attached hydrogens (primary N) is 1. The lowest BCUT2D eigenvalue weighted by atomic mass is 9.97. The quantitative estimate of drug-likeness (QED) is 0.813. The van der Waals surface area contributed by atoms with Crippen LogP contribution in [0.3, 0.4) is 0 Å². The molecule has 20 heavy (non-hydrogen) atoms. The fourth-order valence-electron chi connectivity index (χ4n) is 2.43. The molecular formula is C13H18N4O3. The van der Waals surface area contributed by atoms with Gasteiger partial charge in [0.25, 0.3) is 0 Å². The number of hydrogen-bond donors (Lipinski definition) is 2. The van der Waals surface area contributed by atoms with E-state index < -0.39 is 11.5 Å². The van der Waals surface area contributed by atoms with E-state index in [9.17, 15) is 14.7 Å². The Kier molecular flexibility index (Phi) is 3.29. The van der Waals surface area contributed by atoms with Crippen molar-refractivity contribution < 1.29 is 14.7 Å². The first-order valence-electron chi connectivity index (χ1n) is 6.27. The molecule has 2 heterocycles. The van der Waals surface area contributed by atoms with Gasteiger partial charge in [-0.2, -0.15) is 0 Å². The molecule has 0 bridgehead atoms. The van der Waals surface area contributed by atoms with Gasteiger partial charge in [-0.05, 0) is 19.9 Å². The van der Waals surface area contributed by atoms with Crippen molar-refractivity contribution in [1.29, 1.82) is 0 Å². The van der Waals surface area contributed by atoms with Crippen molar-refractivity contribution in [1.82, 2.24) is 9.88 Å². The Morgan fingerprint density at radius 1 is 1.45 bits per heavy atom. The molecule has 2 rings (SSSR count). The molecule has 1 amide bonds. The number of piperazine rings is 1. The lowest BCUT2D eigenvalue weighted by molar-refractivity contribution is -0.136. The number of rotatable bonds is 2. The molecule has 7 heteroatoms. The van der Waals surface area contributed by atoms with Crippen LogP contribution in [-0.4, -0.2) is 52.5 Å². The summed E-state index contributed by atoms with van der Waals surface area (Å²) < 4.78 is 0. The molecule has 1 aliphatic heterocycles. The van der Waals surface area contributed by atoms with Gasteiger partial charge in [-0.25, -0.2) is 9.78 Å². The monoisotopic (exact) mass is 278 g/mol. The third-order valence-corrected chi connectivity index (χ3v) is 3.58. The largest absolute Gasteiger partial charge is 0.478 e. The molecular weight excluding hydrogens is 260 g/mol. The molecule has 0 radical (unpaired) electrons. The first-order chi connectivity index (χ1) is 9.25. The van der Waals surface area contributed by atoms with Crippen LogP contribution in [0.15, 0.2) is 12.3 Å². The highest BCUT2D eigenvalue weighted by Crippen LogP contribution is 2.30. The topological polar surface area (TPSA) is 99.8 Å². The summed E-state index contributed by atoms with van der Waals surface area (Å²) in [4.78, 5) is 31.1. The Balaban J connectivity index is 2.51. The summed E-state index contributed by atoms with van der Waals surface area (Å²) in [6.07, 6.45) is 1.40. The summed E-state index contributed by atoms with van der Waals surface area (Å²) in [6, 6.07) is 1.36. The van der Waals surface area contributed by atoms with Crippen molar-refractivity contribution in [3.63, 3.8) is 0 Å². The molecule has 1 aromatic rings. The van der Waals surface area contributed by atoms with Gasteiger partial charge >= 0.3 is 5.97 Å². The fraction of sp³-hybridized carbons (Fsp3) is 0.462.